The Morgan fingerprint density at radius 1 is 0.288 bits per heavy atom. The van der Waals surface area contributed by atoms with E-state index in [-0.39, 0.29) is 0 Å². The third-order valence-electron chi connectivity index (χ3n) is 11.8. The minimum atomic E-state index is 0.882. The van der Waals surface area contributed by atoms with Gasteiger partial charge >= 0.3 is 0 Å². The molecule has 0 spiro atoms. The molecule has 10 aromatic carbocycles. The Morgan fingerprint density at radius 3 is 1.44 bits per heavy atom. The molecule has 3 nitrogen and oxygen atoms in total. The lowest BCUT2D eigenvalue weighted by Crippen LogP contribution is -2.10. The highest BCUT2D eigenvalue weighted by Crippen LogP contribution is 2.46. The Morgan fingerprint density at radius 2 is 0.797 bits per heavy atom. The summed E-state index contributed by atoms with van der Waals surface area (Å²) in [7, 11) is 0. The molecule has 0 aliphatic rings. The first-order valence-corrected chi connectivity index (χ1v) is 20.1. The van der Waals surface area contributed by atoms with Crippen molar-refractivity contribution in [3.63, 3.8) is 0 Å². The van der Waals surface area contributed by atoms with Crippen molar-refractivity contribution in [3.05, 3.63) is 212 Å². The number of hydrogen-bond donors (Lipinski definition) is 0. The molecule has 0 aliphatic heterocycles. The summed E-state index contributed by atoms with van der Waals surface area (Å²) in [4.78, 5) is 2.38. The maximum absolute atomic E-state index is 6.64. The average molecular weight is 754 g/mol. The molecule has 0 unspecified atom stereocenters. The van der Waals surface area contributed by atoms with Crippen LogP contribution in [0.4, 0.5) is 17.1 Å². The van der Waals surface area contributed by atoms with E-state index in [1.165, 1.54) is 16.2 Å². The number of benzene rings is 10. The third-order valence-corrected chi connectivity index (χ3v) is 11.8. The molecule has 2 heterocycles. The van der Waals surface area contributed by atoms with Crippen LogP contribution in [-0.2, 0) is 0 Å². The van der Waals surface area contributed by atoms with Crippen molar-refractivity contribution >= 4 is 82.5 Å². The molecule has 0 bridgehead atoms. The standard InChI is InChI=1S/C56H35NO2/c1-2-16-41(17-3-1)57(42-29-28-36-14-4-5-15-37(36)35-42)52-31-30-43(46-18-6-7-19-47(46)52)38-32-39(44-22-12-24-50-48-20-8-10-26-53(48)58-55(44)50)34-40(33-38)45-23-13-25-51-49-21-9-11-27-54(49)59-56(45)51/h1-35H. The Kier molecular flexibility index (Phi) is 7.54. The highest BCUT2D eigenvalue weighted by molar-refractivity contribution is 6.13. The lowest BCUT2D eigenvalue weighted by molar-refractivity contribution is 0.670. The fraction of sp³-hybridized carbons (Fsp3) is 0. The summed E-state index contributed by atoms with van der Waals surface area (Å²) in [6, 6.07) is 75.8. The summed E-state index contributed by atoms with van der Waals surface area (Å²) in [5.41, 5.74) is 13.3. The lowest BCUT2D eigenvalue weighted by atomic mass is 9.90. The quantitative estimate of drug-likeness (QED) is 0.169. The van der Waals surface area contributed by atoms with Crippen LogP contribution in [0, 0.1) is 0 Å². The van der Waals surface area contributed by atoms with Crippen molar-refractivity contribution in [1.82, 2.24) is 0 Å². The SMILES string of the molecule is c1ccc(N(c2ccc3ccccc3c2)c2ccc(-c3cc(-c4cccc5c4oc4ccccc45)cc(-c4cccc5c4oc4ccccc45)c3)c3ccccc23)cc1. The summed E-state index contributed by atoms with van der Waals surface area (Å²) >= 11 is 0. The van der Waals surface area contributed by atoms with Gasteiger partial charge in [0.15, 0.2) is 0 Å². The smallest absolute Gasteiger partial charge is 0.143 e. The van der Waals surface area contributed by atoms with E-state index in [9.17, 15) is 0 Å². The molecule has 12 rings (SSSR count). The van der Waals surface area contributed by atoms with E-state index in [1.807, 2.05) is 24.3 Å². The number of anilines is 3. The molecule has 3 heteroatoms. The Bertz CT molecular complexity index is 3440. The van der Waals surface area contributed by atoms with E-state index >= 15 is 0 Å². The fourth-order valence-electron chi connectivity index (χ4n) is 9.09. The molecule has 0 N–H and O–H groups in total. The van der Waals surface area contributed by atoms with Crippen LogP contribution in [0.25, 0.3) is 98.8 Å². The largest absolute Gasteiger partial charge is 0.455 e. The number of hydrogen-bond acceptors (Lipinski definition) is 3. The second-order valence-electron chi connectivity index (χ2n) is 15.2. The van der Waals surface area contributed by atoms with Crippen molar-refractivity contribution < 1.29 is 8.83 Å². The maximum atomic E-state index is 6.64. The van der Waals surface area contributed by atoms with Crippen molar-refractivity contribution in [2.24, 2.45) is 0 Å². The van der Waals surface area contributed by atoms with Gasteiger partial charge in [0.1, 0.15) is 22.3 Å². The van der Waals surface area contributed by atoms with E-state index in [1.54, 1.807) is 0 Å². The summed E-state index contributed by atoms with van der Waals surface area (Å²) in [6.07, 6.45) is 0. The fourth-order valence-corrected chi connectivity index (χ4v) is 9.09. The van der Waals surface area contributed by atoms with Crippen LogP contribution in [0.3, 0.4) is 0 Å². The molecule has 0 saturated heterocycles. The molecule has 12 aromatic rings. The van der Waals surface area contributed by atoms with E-state index in [0.29, 0.717) is 0 Å². The van der Waals surface area contributed by atoms with Gasteiger partial charge < -0.3 is 13.7 Å². The first-order chi connectivity index (χ1) is 29.2. The minimum absolute atomic E-state index is 0.882. The Labute approximate surface area is 340 Å². The normalized spacial score (nSPS) is 11.7. The van der Waals surface area contributed by atoms with Crippen molar-refractivity contribution in [2.45, 2.75) is 0 Å². The number of rotatable bonds is 6. The predicted molar refractivity (Wildman–Crippen MR) is 247 cm³/mol. The summed E-state index contributed by atoms with van der Waals surface area (Å²) in [6.45, 7) is 0. The van der Waals surface area contributed by atoms with Crippen LogP contribution in [-0.4, -0.2) is 0 Å². The maximum Gasteiger partial charge on any atom is 0.143 e. The van der Waals surface area contributed by atoms with Gasteiger partial charge in [0, 0.05) is 49.4 Å². The van der Waals surface area contributed by atoms with Gasteiger partial charge in [-0.2, -0.15) is 0 Å². The van der Waals surface area contributed by atoms with Gasteiger partial charge in [-0.3, -0.25) is 0 Å². The zero-order valence-electron chi connectivity index (χ0n) is 32.0. The third kappa shape index (κ3) is 5.44. The molecular formula is C56H35NO2. The van der Waals surface area contributed by atoms with Gasteiger partial charge in [0.05, 0.1) is 5.69 Å². The van der Waals surface area contributed by atoms with Crippen LogP contribution in [0.15, 0.2) is 221 Å². The summed E-state index contributed by atoms with van der Waals surface area (Å²) < 4.78 is 13.3. The van der Waals surface area contributed by atoms with Crippen LogP contribution in [0.1, 0.15) is 0 Å². The molecule has 0 atom stereocenters. The Balaban J connectivity index is 1.11. The second kappa shape index (κ2) is 13.4. The van der Waals surface area contributed by atoms with Crippen LogP contribution < -0.4 is 4.90 Å². The van der Waals surface area contributed by atoms with E-state index in [0.717, 1.165) is 99.7 Å². The van der Waals surface area contributed by atoms with E-state index in [4.69, 9.17) is 8.83 Å². The van der Waals surface area contributed by atoms with Crippen molar-refractivity contribution in [1.29, 1.82) is 0 Å². The van der Waals surface area contributed by atoms with Crippen LogP contribution >= 0.6 is 0 Å². The van der Waals surface area contributed by atoms with Crippen molar-refractivity contribution in [3.8, 4) is 33.4 Å². The van der Waals surface area contributed by atoms with Crippen LogP contribution in [0.2, 0.25) is 0 Å². The van der Waals surface area contributed by atoms with Gasteiger partial charge in [0.2, 0.25) is 0 Å². The van der Waals surface area contributed by atoms with Gasteiger partial charge in [-0.15, -0.1) is 0 Å². The zero-order chi connectivity index (χ0) is 38.9. The number of para-hydroxylation sites is 5. The summed E-state index contributed by atoms with van der Waals surface area (Å²) in [5.74, 6) is 0. The Hall–Kier alpha value is -7.88. The van der Waals surface area contributed by atoms with Gasteiger partial charge in [-0.05, 0) is 99.1 Å². The zero-order valence-corrected chi connectivity index (χ0v) is 32.0. The van der Waals surface area contributed by atoms with Crippen molar-refractivity contribution in [2.75, 3.05) is 4.90 Å². The van der Waals surface area contributed by atoms with E-state index in [2.05, 4.69) is 193 Å². The monoisotopic (exact) mass is 753 g/mol. The summed E-state index contributed by atoms with van der Waals surface area (Å²) in [5, 5.41) is 9.19. The molecule has 0 fully saturated rings. The molecule has 276 valence electrons. The molecule has 59 heavy (non-hydrogen) atoms. The topological polar surface area (TPSA) is 29.5 Å². The molecular weight excluding hydrogens is 719 g/mol. The highest BCUT2D eigenvalue weighted by Gasteiger charge is 2.21. The molecule has 0 radical (unpaired) electrons. The van der Waals surface area contributed by atoms with Gasteiger partial charge in [-0.1, -0.05) is 152 Å². The molecule has 0 amide bonds. The molecule has 0 aliphatic carbocycles. The van der Waals surface area contributed by atoms with Gasteiger partial charge in [0.25, 0.3) is 0 Å². The number of nitrogens with zero attached hydrogens (tertiary/aromatic N) is 1. The first kappa shape index (κ1) is 33.3. The minimum Gasteiger partial charge on any atom is -0.455 e. The van der Waals surface area contributed by atoms with E-state index < -0.39 is 0 Å². The van der Waals surface area contributed by atoms with Crippen LogP contribution in [0.5, 0.6) is 0 Å². The highest BCUT2D eigenvalue weighted by atomic mass is 16.3. The van der Waals surface area contributed by atoms with Gasteiger partial charge in [-0.25, -0.2) is 0 Å². The lowest BCUT2D eigenvalue weighted by Gasteiger charge is -2.28. The number of fused-ring (bicyclic) bond motifs is 8. The molecule has 0 saturated carbocycles. The average Bonchev–Trinajstić information content (AvgIpc) is 3.88. The predicted octanol–water partition coefficient (Wildman–Crippen LogP) is 16.3. The number of furan rings is 2. The first-order valence-electron chi connectivity index (χ1n) is 20.1. The second-order valence-corrected chi connectivity index (χ2v) is 15.2. The molecule has 2 aromatic heterocycles.